The van der Waals surface area contributed by atoms with Crippen LogP contribution in [0.3, 0.4) is 0 Å². The number of carbonyl (C=O) groups excluding carboxylic acids is 2. The average molecular weight is 400 g/mol. The van der Waals surface area contributed by atoms with Crippen molar-refractivity contribution in [3.63, 3.8) is 0 Å². The van der Waals surface area contributed by atoms with Crippen LogP contribution >= 0.6 is 11.8 Å². The van der Waals surface area contributed by atoms with Gasteiger partial charge in [0.05, 0.1) is 37.8 Å². The molecule has 0 fully saturated rings. The van der Waals surface area contributed by atoms with Gasteiger partial charge in [-0.25, -0.2) is 0 Å². The highest BCUT2D eigenvalue weighted by atomic mass is 32.2. The lowest BCUT2D eigenvalue weighted by Crippen LogP contribution is -2.32. The summed E-state index contributed by atoms with van der Waals surface area (Å²) in [6, 6.07) is 0. The maximum Gasteiger partial charge on any atom is 0.258 e. The Labute approximate surface area is 165 Å². The molecule has 0 aliphatic carbocycles. The number of hydrogen-bond acceptors (Lipinski definition) is 7. The molecule has 0 aromatic carbocycles. The van der Waals surface area contributed by atoms with E-state index in [-0.39, 0.29) is 17.6 Å². The molecule has 1 rings (SSSR count). The standard InChI is InChI=1S/C19H29NO6S/c1-5-15(2)13-19(3)16(12-18(22)27-19)26-14-17(21)20-6-7-24-10-11-25-9-8-23-4/h5,12-13H,1,6-11,14H2,2-4H3,(H,20,21)/b15-13+. The fraction of sp³-hybridized carbons (Fsp3) is 0.579. The highest BCUT2D eigenvalue weighted by Gasteiger charge is 2.38. The summed E-state index contributed by atoms with van der Waals surface area (Å²) in [5, 5.41) is 2.61. The second-order valence-corrected chi connectivity index (χ2v) is 7.44. The van der Waals surface area contributed by atoms with Crippen molar-refractivity contribution in [1.82, 2.24) is 5.32 Å². The normalized spacial score (nSPS) is 19.7. The molecule has 0 saturated heterocycles. The van der Waals surface area contributed by atoms with E-state index < -0.39 is 4.75 Å². The molecule has 1 N–H and O–H groups in total. The van der Waals surface area contributed by atoms with E-state index in [9.17, 15) is 9.59 Å². The Hall–Kier alpha value is -1.61. The summed E-state index contributed by atoms with van der Waals surface area (Å²) in [6.07, 6.45) is 5.04. The van der Waals surface area contributed by atoms with Crippen LogP contribution < -0.4 is 5.32 Å². The number of amides is 1. The van der Waals surface area contributed by atoms with E-state index in [0.29, 0.717) is 45.3 Å². The van der Waals surface area contributed by atoms with Crippen molar-refractivity contribution in [2.24, 2.45) is 0 Å². The van der Waals surface area contributed by atoms with Crippen molar-refractivity contribution in [2.45, 2.75) is 18.6 Å². The van der Waals surface area contributed by atoms with Crippen molar-refractivity contribution in [2.75, 3.05) is 53.3 Å². The molecule has 1 amide bonds. The fourth-order valence-corrected chi connectivity index (χ4v) is 3.29. The molecule has 0 aromatic heterocycles. The highest BCUT2D eigenvalue weighted by Crippen LogP contribution is 2.42. The minimum absolute atomic E-state index is 0.0952. The van der Waals surface area contributed by atoms with Crippen LogP contribution in [-0.2, 0) is 28.5 Å². The number of methoxy groups -OCH3 is 1. The molecule has 0 spiro atoms. The SMILES string of the molecule is C=C/C(C)=C/C1(C)SC(=O)C=C1OCC(=O)NCCOCCOCCOC. The van der Waals surface area contributed by atoms with Gasteiger partial charge in [0.2, 0.25) is 5.12 Å². The third-order valence-corrected chi connectivity index (χ3v) is 4.67. The molecule has 152 valence electrons. The molecule has 7 nitrogen and oxygen atoms in total. The number of rotatable bonds is 14. The van der Waals surface area contributed by atoms with Crippen LogP contribution in [0, 0.1) is 0 Å². The van der Waals surface area contributed by atoms with E-state index in [1.54, 1.807) is 13.2 Å². The predicted octanol–water partition coefficient (Wildman–Crippen LogP) is 1.85. The number of hydrogen-bond donors (Lipinski definition) is 1. The van der Waals surface area contributed by atoms with Gasteiger partial charge < -0.3 is 24.3 Å². The fourth-order valence-electron chi connectivity index (χ4n) is 2.24. The van der Waals surface area contributed by atoms with Gasteiger partial charge in [0.1, 0.15) is 5.76 Å². The smallest absolute Gasteiger partial charge is 0.258 e. The molecule has 0 bridgehead atoms. The van der Waals surface area contributed by atoms with Gasteiger partial charge in [-0.15, -0.1) is 0 Å². The number of thioether (sulfide) groups is 1. The molecule has 1 heterocycles. The molecular weight excluding hydrogens is 370 g/mol. The summed E-state index contributed by atoms with van der Waals surface area (Å²) in [4.78, 5) is 23.7. The number of allylic oxidation sites excluding steroid dienone is 2. The van der Waals surface area contributed by atoms with E-state index in [1.165, 1.54) is 6.08 Å². The lowest BCUT2D eigenvalue weighted by Gasteiger charge is -2.23. The minimum atomic E-state index is -0.623. The number of nitrogens with one attached hydrogen (secondary N) is 1. The lowest BCUT2D eigenvalue weighted by molar-refractivity contribution is -0.124. The van der Waals surface area contributed by atoms with Gasteiger partial charge in [0, 0.05) is 19.7 Å². The molecular formula is C19H29NO6S. The van der Waals surface area contributed by atoms with Gasteiger partial charge in [0.15, 0.2) is 6.61 Å². The van der Waals surface area contributed by atoms with Gasteiger partial charge >= 0.3 is 0 Å². The highest BCUT2D eigenvalue weighted by molar-refractivity contribution is 8.15. The van der Waals surface area contributed by atoms with Crippen LogP contribution in [0.25, 0.3) is 0 Å². The first-order valence-electron chi connectivity index (χ1n) is 8.72. The predicted molar refractivity (Wildman–Crippen MR) is 106 cm³/mol. The van der Waals surface area contributed by atoms with Crippen molar-refractivity contribution in [3.8, 4) is 0 Å². The Bertz CT molecular complexity index is 575. The molecule has 0 radical (unpaired) electrons. The molecule has 27 heavy (non-hydrogen) atoms. The Morgan fingerprint density at radius 1 is 1.26 bits per heavy atom. The Kier molecular flexibility index (Phi) is 11.0. The second-order valence-electron chi connectivity index (χ2n) is 5.99. The largest absolute Gasteiger partial charge is 0.486 e. The Morgan fingerprint density at radius 3 is 2.59 bits per heavy atom. The molecule has 0 saturated carbocycles. The maximum absolute atomic E-state index is 11.9. The first-order valence-corrected chi connectivity index (χ1v) is 9.54. The zero-order valence-electron chi connectivity index (χ0n) is 16.2. The first kappa shape index (κ1) is 23.4. The topological polar surface area (TPSA) is 83.1 Å². The van der Waals surface area contributed by atoms with Gasteiger partial charge in [-0.05, 0) is 13.8 Å². The van der Waals surface area contributed by atoms with Crippen molar-refractivity contribution >= 4 is 22.8 Å². The Balaban J connectivity index is 2.24. The number of carbonyl (C=O) groups is 2. The molecule has 1 unspecified atom stereocenters. The number of ether oxygens (including phenoxy) is 4. The quantitative estimate of drug-likeness (QED) is 0.352. The average Bonchev–Trinajstić information content (AvgIpc) is 2.91. The van der Waals surface area contributed by atoms with Gasteiger partial charge in [-0.3, -0.25) is 9.59 Å². The van der Waals surface area contributed by atoms with Crippen molar-refractivity contribution in [1.29, 1.82) is 0 Å². The summed E-state index contributed by atoms with van der Waals surface area (Å²) >= 11 is 1.15. The second kappa shape index (κ2) is 12.7. The van der Waals surface area contributed by atoms with Crippen LogP contribution in [0.2, 0.25) is 0 Å². The maximum atomic E-state index is 11.9. The summed E-state index contributed by atoms with van der Waals surface area (Å²) in [7, 11) is 1.62. The van der Waals surface area contributed by atoms with Crippen LogP contribution in [0.4, 0.5) is 0 Å². The zero-order chi connectivity index (χ0) is 20.1. The van der Waals surface area contributed by atoms with Gasteiger partial charge in [-0.2, -0.15) is 0 Å². The van der Waals surface area contributed by atoms with Gasteiger partial charge in [-0.1, -0.05) is 36.1 Å². The monoisotopic (exact) mass is 399 g/mol. The third kappa shape index (κ3) is 9.23. The molecule has 1 atom stereocenters. The van der Waals surface area contributed by atoms with Crippen LogP contribution in [0.1, 0.15) is 13.8 Å². The molecule has 1 aliphatic rings. The van der Waals surface area contributed by atoms with Crippen LogP contribution in [0.5, 0.6) is 0 Å². The third-order valence-electron chi connectivity index (χ3n) is 3.61. The molecule has 1 aliphatic heterocycles. The van der Waals surface area contributed by atoms with E-state index >= 15 is 0 Å². The summed E-state index contributed by atoms with van der Waals surface area (Å²) in [5.74, 6) is 0.199. The van der Waals surface area contributed by atoms with Crippen LogP contribution in [0.15, 0.2) is 36.1 Å². The first-order chi connectivity index (χ1) is 12.9. The molecule has 0 aromatic rings. The van der Waals surface area contributed by atoms with E-state index in [2.05, 4.69) is 11.9 Å². The van der Waals surface area contributed by atoms with Gasteiger partial charge in [0.25, 0.3) is 5.91 Å². The van der Waals surface area contributed by atoms with Crippen molar-refractivity contribution < 1.29 is 28.5 Å². The zero-order valence-corrected chi connectivity index (χ0v) is 17.1. The van der Waals surface area contributed by atoms with Crippen molar-refractivity contribution in [3.05, 3.63) is 36.1 Å². The van der Waals surface area contributed by atoms with E-state index in [4.69, 9.17) is 18.9 Å². The summed E-state index contributed by atoms with van der Waals surface area (Å²) in [5.41, 5.74) is 0.932. The summed E-state index contributed by atoms with van der Waals surface area (Å²) in [6.45, 7) is 10.1. The van der Waals surface area contributed by atoms with E-state index in [1.807, 2.05) is 19.9 Å². The lowest BCUT2D eigenvalue weighted by atomic mass is 10.0. The Morgan fingerprint density at radius 2 is 1.93 bits per heavy atom. The minimum Gasteiger partial charge on any atom is -0.486 e. The van der Waals surface area contributed by atoms with Crippen LogP contribution in [-0.4, -0.2) is 69.1 Å². The molecule has 8 heteroatoms. The van der Waals surface area contributed by atoms with E-state index in [0.717, 1.165) is 17.3 Å². The summed E-state index contributed by atoms with van der Waals surface area (Å²) < 4.78 is 20.4.